The number of hydrogen-bond donors (Lipinski definition) is 1. The van der Waals surface area contributed by atoms with Crippen molar-refractivity contribution in [3.05, 3.63) is 34.2 Å². The van der Waals surface area contributed by atoms with E-state index in [9.17, 15) is 13.2 Å². The fourth-order valence-corrected chi connectivity index (χ4v) is 3.46. The van der Waals surface area contributed by atoms with Gasteiger partial charge in [-0.1, -0.05) is 13.2 Å². The number of aryl methyl sites for hydroxylation is 2. The Balaban J connectivity index is 2.31. The van der Waals surface area contributed by atoms with Crippen molar-refractivity contribution in [3.8, 4) is 17.1 Å². The summed E-state index contributed by atoms with van der Waals surface area (Å²) >= 11 is 0. The summed E-state index contributed by atoms with van der Waals surface area (Å²) in [5.41, 5.74) is -7.78. The minimum Gasteiger partial charge on any atom is -0.493 e. The molecule has 1 aromatic carbocycles. The topological polar surface area (TPSA) is 113 Å². The second-order valence-corrected chi connectivity index (χ2v) is 7.51. The molecule has 2 aromatic heterocycles. The fourth-order valence-electron chi connectivity index (χ4n) is 2.55. The van der Waals surface area contributed by atoms with Crippen molar-refractivity contribution in [1.82, 2.24) is 29.0 Å². The Morgan fingerprint density at radius 2 is 2.12 bits per heavy atom. The van der Waals surface area contributed by atoms with Crippen molar-refractivity contribution in [3.63, 3.8) is 0 Å². The molecule has 1 aliphatic rings. The third-order valence-electron chi connectivity index (χ3n) is 3.88. The molecule has 11 heteroatoms. The monoisotopic (exact) mass is 503 g/mol. The fraction of sp³-hybridized carbons (Fsp3) is 0.500. The van der Waals surface area contributed by atoms with E-state index in [4.69, 9.17) is 44.5 Å². The maximum Gasteiger partial charge on any atom is 0.277 e. The molecule has 0 radical (unpaired) electrons. The molecular weight excluding hydrogens is 444 g/mol. The first-order valence-corrected chi connectivity index (χ1v) is 9.71. The van der Waals surface area contributed by atoms with Crippen LogP contribution in [0.4, 0.5) is 0 Å². The second-order valence-electron chi connectivity index (χ2n) is 5.79. The van der Waals surface area contributed by atoms with Gasteiger partial charge in [-0.2, -0.15) is 9.40 Å². The van der Waals surface area contributed by atoms with Crippen LogP contribution in [0.2, 0.25) is 0 Å². The van der Waals surface area contributed by atoms with Crippen LogP contribution in [0.3, 0.4) is 0 Å². The molecule has 0 atom stereocenters. The molecule has 33 heavy (non-hydrogen) atoms. The summed E-state index contributed by atoms with van der Waals surface area (Å²) in [6.45, 7) is -37.4. The van der Waals surface area contributed by atoms with Gasteiger partial charge in [-0.3, -0.25) is 9.48 Å². The molecule has 0 amide bonds. The van der Waals surface area contributed by atoms with Gasteiger partial charge < -0.3 is 14.6 Å². The van der Waals surface area contributed by atoms with Crippen LogP contribution in [-0.4, -0.2) is 76.9 Å². The van der Waals surface area contributed by atoms with Crippen LogP contribution in [0.15, 0.2) is 27.8 Å². The summed E-state index contributed by atoms with van der Waals surface area (Å²) in [6.07, 6.45) is -8.02. The van der Waals surface area contributed by atoms with Gasteiger partial charge in [-0.05, 0) is 38.3 Å². The van der Waals surface area contributed by atoms with Crippen LogP contribution in [0.1, 0.15) is 65.5 Å². The van der Waals surface area contributed by atoms with E-state index in [1.165, 1.54) is 0 Å². The van der Waals surface area contributed by atoms with Gasteiger partial charge in [-0.25, -0.2) is 13.4 Å². The van der Waals surface area contributed by atoms with Gasteiger partial charge in [0, 0.05) is 65.9 Å². The minimum atomic E-state index is -6.67. The molecule has 0 saturated carbocycles. The van der Waals surface area contributed by atoms with Crippen LogP contribution < -0.4 is 10.3 Å². The van der Waals surface area contributed by atoms with Crippen LogP contribution in [-0.2, 0) is 23.4 Å². The zero-order valence-corrected chi connectivity index (χ0v) is 16.6. The van der Waals surface area contributed by atoms with E-state index in [0.717, 1.165) is 0 Å². The molecule has 1 fully saturated rings. The Morgan fingerprint density at radius 3 is 2.85 bits per heavy atom. The van der Waals surface area contributed by atoms with Crippen LogP contribution >= 0.6 is 0 Å². The van der Waals surface area contributed by atoms with E-state index in [0.29, 0.717) is 0 Å². The summed E-state index contributed by atoms with van der Waals surface area (Å²) in [4.78, 5) is 16.1. The summed E-state index contributed by atoms with van der Waals surface area (Å²) < 4.78 is 266. The van der Waals surface area contributed by atoms with Gasteiger partial charge >= 0.3 is 0 Å². The standard InChI is InChI=1S/C22H30N6O4S/c1-5-7-17-19-20(27(4)25-17)22(29)24-21(23-19)16-14-15(8-9-18(16)32-6-2)33(30,31)28-12-10-26(3)11-13-28/h8-9,14H,5-7,10-13H2,1-4H3,(H,23,24,29)/i1D3,2D3,3D3,4D3,5D2,6D2,7D2,8D,9D,10D2,11D2,12D2,13D2,14D. The molecule has 1 saturated heterocycles. The third-order valence-corrected chi connectivity index (χ3v) is 5.27. The zero-order chi connectivity index (χ0) is 48.9. The predicted octanol–water partition coefficient (Wildman–Crippen LogP) is 1.61. The molecule has 0 spiro atoms. The number of ether oxygens (including phenoxy) is 1. The zero-order valence-electron chi connectivity index (χ0n) is 44.8. The molecule has 0 unspecified atom stereocenters. The van der Waals surface area contributed by atoms with Crippen LogP contribution in [0.25, 0.3) is 22.4 Å². The van der Waals surface area contributed by atoms with Crippen molar-refractivity contribution < 1.29 is 52.9 Å². The van der Waals surface area contributed by atoms with Gasteiger partial charge in [0.25, 0.3) is 5.56 Å². The maximum absolute atomic E-state index is 14.6. The van der Waals surface area contributed by atoms with E-state index >= 15 is 0 Å². The normalized spacial score (nSPS) is 37.8. The van der Waals surface area contributed by atoms with E-state index < -0.39 is 155 Å². The number of nitrogens with one attached hydrogen (secondary N) is 1. The van der Waals surface area contributed by atoms with Crippen molar-refractivity contribution in [2.75, 3.05) is 39.5 Å². The summed E-state index contributed by atoms with van der Waals surface area (Å²) in [5.74, 6) is -3.24. The third kappa shape index (κ3) is 4.40. The molecule has 4 rings (SSSR count). The van der Waals surface area contributed by atoms with Crippen molar-refractivity contribution >= 4 is 21.1 Å². The molecule has 1 aliphatic heterocycles. The van der Waals surface area contributed by atoms with E-state index in [-0.39, 0.29) is 4.68 Å². The smallest absolute Gasteiger partial charge is 0.277 e. The Labute approximate surface area is 234 Å². The van der Waals surface area contributed by atoms with Gasteiger partial charge in [0.05, 0.1) is 29.6 Å². The Hall–Kier alpha value is -2.76. The van der Waals surface area contributed by atoms with E-state index in [1.54, 1.807) is 4.98 Å². The van der Waals surface area contributed by atoms with Gasteiger partial charge in [0.15, 0.2) is 5.52 Å². The Kier molecular flexibility index (Phi) is 1.87. The molecular formula is C22H30N6O4S. The SMILES string of the molecule is [2H]c1c([2H])c(S(=O)(=O)N2C([2H])([2H])C([2H])([2H])N(C([2H])([2H])[2H])C([2H])([2H])C2([2H])[2H])c([2H])c(-c2nc3c(C([2H])([2H])C([2H])([2H])C([2H])([2H])[2H])nn(C([2H])([2H])[2H])c3c(=O)[nH]2)c1OC([2H])([2H])C([2H])([2H])[2H]. The summed E-state index contributed by atoms with van der Waals surface area (Å²) in [5, 5.41) is 3.40. The first-order valence-electron chi connectivity index (χ1n) is 22.8. The molecule has 3 aromatic rings. The highest BCUT2D eigenvalue weighted by atomic mass is 32.2. The number of sulfonamides is 1. The lowest BCUT2D eigenvalue weighted by Gasteiger charge is -2.31. The molecule has 0 bridgehead atoms. The highest BCUT2D eigenvalue weighted by Gasteiger charge is 2.29. The van der Waals surface area contributed by atoms with Crippen LogP contribution in [0, 0.1) is 0 Å². The number of aromatic nitrogens is 4. The first kappa shape index (κ1) is 6.67. The summed E-state index contributed by atoms with van der Waals surface area (Å²) in [6, 6.07) is -5.80. The number of hydrogen-bond acceptors (Lipinski definition) is 7. The van der Waals surface area contributed by atoms with Gasteiger partial charge in [-0.15, -0.1) is 0 Å². The maximum atomic E-state index is 14.6. The first-order chi connectivity index (χ1) is 27.0. The van der Waals surface area contributed by atoms with Gasteiger partial charge in [0.2, 0.25) is 10.0 Å². The lowest BCUT2D eigenvalue weighted by molar-refractivity contribution is 0.222. The number of likely N-dealkylation sites (N-methyl/N-ethyl adjacent to an activating group) is 1. The largest absolute Gasteiger partial charge is 0.493 e. The van der Waals surface area contributed by atoms with E-state index in [1.807, 2.05) is 0 Å². The number of rotatable bonds is 7. The molecule has 178 valence electrons. The highest BCUT2D eigenvalue weighted by molar-refractivity contribution is 7.89. The van der Waals surface area contributed by atoms with Crippen LogP contribution in [0.5, 0.6) is 5.75 Å². The average molecular weight is 504 g/mol. The number of benzene rings is 1. The number of fused-ring (bicyclic) bond motifs is 1. The molecule has 10 nitrogen and oxygen atoms in total. The van der Waals surface area contributed by atoms with Crippen molar-refractivity contribution in [1.29, 1.82) is 0 Å². The second kappa shape index (κ2) is 9.24. The molecule has 1 N–H and O–H groups in total. The van der Waals surface area contributed by atoms with Crippen molar-refractivity contribution in [2.45, 2.75) is 31.3 Å². The Morgan fingerprint density at radius 1 is 1.27 bits per heavy atom. The lowest BCUT2D eigenvalue weighted by Crippen LogP contribution is -2.47. The summed E-state index contributed by atoms with van der Waals surface area (Å²) in [7, 11) is -6.67. The van der Waals surface area contributed by atoms with Gasteiger partial charge in [0.1, 0.15) is 17.1 Å². The number of nitrogens with zero attached hydrogens (tertiary/aromatic N) is 5. The quantitative estimate of drug-likeness (QED) is 0.521. The number of H-pyrrole nitrogens is 1. The highest BCUT2D eigenvalue weighted by Crippen LogP contribution is 2.32. The molecule has 3 heterocycles. The Bertz CT molecular complexity index is 2450. The average Bonchev–Trinajstić information content (AvgIpc) is 3.42. The number of piperazine rings is 1. The van der Waals surface area contributed by atoms with E-state index in [2.05, 4.69) is 10.1 Å². The minimum absolute atomic E-state index is 0.226. The molecule has 0 aliphatic carbocycles. The lowest BCUT2D eigenvalue weighted by atomic mass is 10.1. The van der Waals surface area contributed by atoms with Crippen molar-refractivity contribution in [2.24, 2.45) is 6.98 Å². The number of aromatic amines is 1. The predicted molar refractivity (Wildman–Crippen MR) is 126 cm³/mol.